The molecule has 2 fully saturated rings. The third-order valence-electron chi connectivity index (χ3n) is 4.75. The van der Waals surface area contributed by atoms with E-state index in [1.165, 1.54) is 58.4 Å². The summed E-state index contributed by atoms with van der Waals surface area (Å²) in [5, 5.41) is 0. The van der Waals surface area contributed by atoms with E-state index in [2.05, 4.69) is 15.9 Å². The largest absolute Gasteiger partial charge is 0.492 e. The van der Waals surface area contributed by atoms with Gasteiger partial charge in [0.2, 0.25) is 0 Å². The Bertz CT molecular complexity index is 466. The van der Waals surface area contributed by atoms with E-state index in [4.69, 9.17) is 4.74 Å². The van der Waals surface area contributed by atoms with Crippen LogP contribution in [0.25, 0.3) is 0 Å². The molecule has 0 amide bonds. The molecule has 3 rings (SSSR count). The molecule has 3 nitrogen and oxygen atoms in total. The monoisotopic (exact) mass is 372 g/mol. The van der Waals surface area contributed by atoms with Crippen LogP contribution in [0.15, 0.2) is 42.0 Å². The Morgan fingerprint density at radius 1 is 0.875 bits per heavy atom. The molecule has 2 aliphatic rings. The van der Waals surface area contributed by atoms with Gasteiger partial charge in [0.15, 0.2) is 0 Å². The summed E-state index contributed by atoms with van der Waals surface area (Å²) in [4.78, 5) is 5.10. The topological polar surface area (TPSA) is 15.7 Å². The van der Waals surface area contributed by atoms with E-state index in [0.717, 1.165) is 18.9 Å². The lowest BCUT2D eigenvalue weighted by molar-refractivity contribution is 0.199. The van der Waals surface area contributed by atoms with Crippen LogP contribution in [0, 0.1) is 0 Å². The van der Waals surface area contributed by atoms with Crippen LogP contribution in [-0.2, 0) is 0 Å². The summed E-state index contributed by atoms with van der Waals surface area (Å²) < 4.78 is 5.79. The van der Waals surface area contributed by atoms with Gasteiger partial charge in [0.05, 0.1) is 0 Å². The lowest BCUT2D eigenvalue weighted by Crippen LogP contribution is -2.34. The van der Waals surface area contributed by atoms with Gasteiger partial charge in [-0.3, -0.25) is 9.80 Å². The summed E-state index contributed by atoms with van der Waals surface area (Å²) in [6.07, 6.45) is 7.73. The number of halogens is 2. The Morgan fingerprint density at radius 2 is 1.54 bits per heavy atom. The maximum atomic E-state index is 5.79. The molecule has 5 heteroatoms. The van der Waals surface area contributed by atoms with Gasteiger partial charge in [-0.1, -0.05) is 29.8 Å². The average Bonchev–Trinajstić information content (AvgIpc) is 3.09. The van der Waals surface area contributed by atoms with Crippen LogP contribution < -0.4 is 4.74 Å². The zero-order valence-corrected chi connectivity index (χ0v) is 16.0. The summed E-state index contributed by atoms with van der Waals surface area (Å²) in [5.74, 6) is 0.978. The van der Waals surface area contributed by atoms with Crippen LogP contribution in [0.5, 0.6) is 5.75 Å². The fourth-order valence-electron chi connectivity index (χ4n) is 3.30. The number of hydrogen-bond donors (Lipinski definition) is 0. The molecule has 2 saturated heterocycles. The van der Waals surface area contributed by atoms with Crippen LogP contribution in [0.1, 0.15) is 25.7 Å². The van der Waals surface area contributed by atoms with Crippen molar-refractivity contribution in [1.29, 1.82) is 0 Å². The van der Waals surface area contributed by atoms with Gasteiger partial charge >= 0.3 is 0 Å². The van der Waals surface area contributed by atoms with Crippen molar-refractivity contribution in [3.63, 3.8) is 0 Å². The van der Waals surface area contributed by atoms with E-state index in [-0.39, 0.29) is 24.8 Å². The maximum Gasteiger partial charge on any atom is 0.119 e. The van der Waals surface area contributed by atoms with Gasteiger partial charge in [0.1, 0.15) is 12.4 Å². The van der Waals surface area contributed by atoms with E-state index >= 15 is 0 Å². The van der Waals surface area contributed by atoms with Crippen LogP contribution in [-0.4, -0.2) is 55.7 Å². The van der Waals surface area contributed by atoms with Crippen molar-refractivity contribution in [2.75, 3.05) is 45.9 Å². The molecule has 1 aromatic rings. The number of rotatable bonds is 6. The van der Waals surface area contributed by atoms with Gasteiger partial charge in [0, 0.05) is 26.2 Å². The molecular weight excluding hydrogens is 343 g/mol. The second-order valence-electron chi connectivity index (χ2n) is 6.37. The van der Waals surface area contributed by atoms with E-state index in [0.29, 0.717) is 0 Å². The Labute approximate surface area is 158 Å². The summed E-state index contributed by atoms with van der Waals surface area (Å²) in [7, 11) is 0. The van der Waals surface area contributed by atoms with Gasteiger partial charge in [-0.15, -0.1) is 24.8 Å². The van der Waals surface area contributed by atoms with Crippen molar-refractivity contribution < 1.29 is 4.74 Å². The molecule has 0 aliphatic carbocycles. The molecule has 2 aliphatic heterocycles. The van der Waals surface area contributed by atoms with Crippen molar-refractivity contribution in [3.8, 4) is 5.75 Å². The average molecular weight is 373 g/mol. The number of piperidine rings is 1. The highest BCUT2D eigenvalue weighted by atomic mass is 35.5. The molecule has 0 radical (unpaired) electrons. The van der Waals surface area contributed by atoms with E-state index in [1.807, 2.05) is 30.3 Å². The Kier molecular flexibility index (Phi) is 10.4. The molecule has 0 spiro atoms. The van der Waals surface area contributed by atoms with Gasteiger partial charge < -0.3 is 4.74 Å². The molecule has 0 atom stereocenters. The van der Waals surface area contributed by atoms with Crippen molar-refractivity contribution in [2.45, 2.75) is 25.7 Å². The summed E-state index contributed by atoms with van der Waals surface area (Å²) in [5.41, 5.74) is 1.66. The minimum absolute atomic E-state index is 0. The fourth-order valence-corrected chi connectivity index (χ4v) is 3.30. The zero-order chi connectivity index (χ0) is 15.0. The molecular formula is C19H30Cl2N2O. The first kappa shape index (κ1) is 21.3. The summed E-state index contributed by atoms with van der Waals surface area (Å²) >= 11 is 0. The number of ether oxygens (including phenoxy) is 1. The molecule has 2 heterocycles. The quantitative estimate of drug-likeness (QED) is 0.701. The smallest absolute Gasteiger partial charge is 0.119 e. The number of para-hydroxylation sites is 1. The molecule has 0 N–H and O–H groups in total. The van der Waals surface area contributed by atoms with Crippen LogP contribution in [0.2, 0.25) is 0 Å². The third kappa shape index (κ3) is 7.02. The molecule has 0 saturated carbocycles. The molecule has 24 heavy (non-hydrogen) atoms. The van der Waals surface area contributed by atoms with Crippen LogP contribution >= 0.6 is 24.8 Å². The lowest BCUT2D eigenvalue weighted by atomic mass is 10.0. The Morgan fingerprint density at radius 3 is 2.21 bits per heavy atom. The zero-order valence-electron chi connectivity index (χ0n) is 14.4. The van der Waals surface area contributed by atoms with Crippen molar-refractivity contribution >= 4 is 24.8 Å². The molecule has 1 aromatic carbocycles. The Balaban J connectivity index is 0.00000144. The fraction of sp³-hybridized carbons (Fsp3) is 0.579. The van der Waals surface area contributed by atoms with Gasteiger partial charge in [0.25, 0.3) is 0 Å². The molecule has 0 bridgehead atoms. The van der Waals surface area contributed by atoms with Crippen molar-refractivity contribution in [2.24, 2.45) is 0 Å². The normalized spacial score (nSPS) is 18.6. The lowest BCUT2D eigenvalue weighted by Gasteiger charge is -2.28. The maximum absolute atomic E-state index is 5.79. The number of nitrogens with zero attached hydrogens (tertiary/aromatic N) is 2. The van der Waals surface area contributed by atoms with Gasteiger partial charge in [-0.05, 0) is 50.9 Å². The molecule has 0 aromatic heterocycles. The highest BCUT2D eigenvalue weighted by Crippen LogP contribution is 2.17. The predicted octanol–water partition coefficient (Wildman–Crippen LogP) is 4.03. The highest BCUT2D eigenvalue weighted by Gasteiger charge is 2.15. The van der Waals surface area contributed by atoms with Crippen LogP contribution in [0.4, 0.5) is 0 Å². The number of hydrogen-bond acceptors (Lipinski definition) is 3. The van der Waals surface area contributed by atoms with Crippen LogP contribution in [0.3, 0.4) is 0 Å². The number of likely N-dealkylation sites (tertiary alicyclic amines) is 2. The number of benzene rings is 1. The first-order valence-electron chi connectivity index (χ1n) is 8.70. The van der Waals surface area contributed by atoms with Gasteiger partial charge in [-0.25, -0.2) is 0 Å². The minimum Gasteiger partial charge on any atom is -0.492 e. The second kappa shape index (κ2) is 11.8. The summed E-state index contributed by atoms with van der Waals surface area (Å²) in [6, 6.07) is 10.1. The third-order valence-corrected chi connectivity index (χ3v) is 4.75. The van der Waals surface area contributed by atoms with E-state index in [9.17, 15) is 0 Å². The SMILES string of the molecule is C(CN1CCCC1)=C1CCN(CCOc2ccccc2)CC1.Cl.Cl. The summed E-state index contributed by atoms with van der Waals surface area (Å²) in [6.45, 7) is 7.96. The van der Waals surface area contributed by atoms with Crippen molar-refractivity contribution in [3.05, 3.63) is 42.0 Å². The van der Waals surface area contributed by atoms with E-state index < -0.39 is 0 Å². The highest BCUT2D eigenvalue weighted by molar-refractivity contribution is 5.85. The predicted molar refractivity (Wildman–Crippen MR) is 106 cm³/mol. The van der Waals surface area contributed by atoms with Gasteiger partial charge in [-0.2, -0.15) is 0 Å². The van der Waals surface area contributed by atoms with E-state index in [1.54, 1.807) is 5.57 Å². The second-order valence-corrected chi connectivity index (χ2v) is 6.37. The first-order chi connectivity index (χ1) is 10.9. The minimum atomic E-state index is 0. The first-order valence-corrected chi connectivity index (χ1v) is 8.70. The Hall–Kier alpha value is -0.740. The molecule has 136 valence electrons. The molecule has 0 unspecified atom stereocenters. The van der Waals surface area contributed by atoms with Crippen molar-refractivity contribution in [1.82, 2.24) is 9.80 Å². The standard InChI is InChI=1S/C19H28N2O.2ClH/c1-2-6-19(7-3-1)22-17-16-21-14-9-18(10-15-21)8-13-20-11-4-5-12-20;;/h1-3,6-8H,4-5,9-17H2;2*1H.